The van der Waals surface area contributed by atoms with Crippen LogP contribution in [0.5, 0.6) is 0 Å². The topological polar surface area (TPSA) is 57.6 Å². The Bertz CT molecular complexity index is 693. The van der Waals surface area contributed by atoms with Gasteiger partial charge in [-0.15, -0.1) is 12.4 Å². The number of aliphatic carboxylic acids is 1. The molecule has 1 aliphatic carbocycles. The Balaban J connectivity index is 0.00000225. The van der Waals surface area contributed by atoms with Crippen LogP contribution in [-0.4, -0.2) is 40.1 Å². The van der Waals surface area contributed by atoms with Gasteiger partial charge in [-0.05, 0) is 30.9 Å². The molecule has 0 amide bonds. The van der Waals surface area contributed by atoms with Gasteiger partial charge < -0.3 is 5.11 Å². The number of hydrogen-bond donors (Lipinski definition) is 2. The minimum Gasteiger partial charge on any atom is -0.478 e. The van der Waals surface area contributed by atoms with E-state index in [1.165, 1.54) is 6.07 Å². The molecule has 0 radical (unpaired) electrons. The van der Waals surface area contributed by atoms with Gasteiger partial charge in [0.05, 0.1) is 6.04 Å². The molecule has 2 aliphatic rings. The monoisotopic (exact) mass is 385 g/mol. The van der Waals surface area contributed by atoms with Crippen LogP contribution in [0.2, 0.25) is 0 Å². The molecule has 136 valence electrons. The van der Waals surface area contributed by atoms with Gasteiger partial charge in [0.2, 0.25) is 0 Å². The number of carboxylic acids is 1. The number of carbonyl (C=O) groups is 2. The van der Waals surface area contributed by atoms with E-state index in [1.807, 2.05) is 4.90 Å². The maximum atomic E-state index is 14.3. The molecule has 4 nitrogen and oxygen atoms in total. The Labute approximate surface area is 157 Å². The van der Waals surface area contributed by atoms with Gasteiger partial charge in [-0.2, -0.15) is 12.6 Å². The molecule has 1 N–H and O–H groups in total. The first-order valence-corrected chi connectivity index (χ1v) is 8.62. The van der Waals surface area contributed by atoms with Crippen LogP contribution in [0.4, 0.5) is 4.39 Å². The number of rotatable bonds is 5. The number of thiol groups is 1. The van der Waals surface area contributed by atoms with E-state index in [0.29, 0.717) is 30.6 Å². The van der Waals surface area contributed by atoms with Crippen molar-refractivity contribution in [2.24, 2.45) is 5.92 Å². The van der Waals surface area contributed by atoms with Crippen molar-refractivity contribution in [2.75, 3.05) is 13.1 Å². The summed E-state index contributed by atoms with van der Waals surface area (Å²) >= 11 is 4.44. The van der Waals surface area contributed by atoms with Gasteiger partial charge in [0.1, 0.15) is 5.82 Å². The fourth-order valence-corrected chi connectivity index (χ4v) is 3.50. The lowest BCUT2D eigenvalue weighted by Crippen LogP contribution is -2.42. The number of benzene rings is 1. The van der Waals surface area contributed by atoms with Gasteiger partial charge in [0.25, 0.3) is 0 Å². The van der Waals surface area contributed by atoms with Crippen LogP contribution in [-0.2, 0) is 9.59 Å². The number of ketones is 1. The molecule has 0 bridgehead atoms. The molecule has 7 heteroatoms. The molecule has 0 aromatic heterocycles. The summed E-state index contributed by atoms with van der Waals surface area (Å²) in [5.74, 6) is -1.39. The molecule has 0 spiro atoms. The highest BCUT2D eigenvalue weighted by atomic mass is 35.5. The van der Waals surface area contributed by atoms with E-state index in [2.05, 4.69) is 12.6 Å². The molecule has 2 unspecified atom stereocenters. The lowest BCUT2D eigenvalue weighted by atomic mass is 9.93. The number of likely N-dealkylation sites (tertiary alicyclic amines) is 1. The van der Waals surface area contributed by atoms with Crippen molar-refractivity contribution in [3.05, 3.63) is 47.3 Å². The largest absolute Gasteiger partial charge is 0.478 e. The first-order chi connectivity index (χ1) is 11.5. The van der Waals surface area contributed by atoms with E-state index in [9.17, 15) is 14.0 Å². The third-order valence-corrected chi connectivity index (χ3v) is 5.22. The molecule has 1 saturated carbocycles. The molecule has 2 atom stereocenters. The van der Waals surface area contributed by atoms with E-state index >= 15 is 0 Å². The quantitative estimate of drug-likeness (QED) is 0.603. The predicted octanol–water partition coefficient (Wildman–Crippen LogP) is 3.28. The Morgan fingerprint density at radius 2 is 1.96 bits per heavy atom. The number of nitrogens with zero attached hydrogens (tertiary/aromatic N) is 1. The molecule has 1 aliphatic heterocycles. The fourth-order valence-electron chi connectivity index (χ4n) is 3.23. The molecular weight excluding hydrogens is 365 g/mol. The van der Waals surface area contributed by atoms with Crippen LogP contribution >= 0.6 is 25.0 Å². The first kappa shape index (κ1) is 19.9. The highest BCUT2D eigenvalue weighted by Gasteiger charge is 2.40. The molecule has 2 fully saturated rings. The zero-order valence-corrected chi connectivity index (χ0v) is 15.3. The van der Waals surface area contributed by atoms with E-state index in [1.54, 1.807) is 18.2 Å². The second-order valence-corrected chi connectivity index (χ2v) is 7.06. The molecule has 3 rings (SSSR count). The van der Waals surface area contributed by atoms with E-state index < -0.39 is 17.8 Å². The van der Waals surface area contributed by atoms with Crippen molar-refractivity contribution < 1.29 is 19.1 Å². The second kappa shape index (κ2) is 8.34. The Morgan fingerprint density at radius 1 is 1.28 bits per heavy atom. The average molecular weight is 386 g/mol. The molecule has 1 aromatic carbocycles. The molecule has 1 aromatic rings. The Morgan fingerprint density at radius 3 is 2.56 bits per heavy atom. The van der Waals surface area contributed by atoms with Gasteiger partial charge >= 0.3 is 5.97 Å². The SMILES string of the molecule is Cl.O=C(O)/C=C1/CN(C(C(=O)C2CC2)c2ccccc2F)CCC1S. The predicted molar refractivity (Wildman–Crippen MR) is 98.8 cm³/mol. The smallest absolute Gasteiger partial charge is 0.328 e. The van der Waals surface area contributed by atoms with Crippen molar-refractivity contribution >= 4 is 36.8 Å². The van der Waals surface area contributed by atoms with Crippen molar-refractivity contribution in [3.63, 3.8) is 0 Å². The van der Waals surface area contributed by atoms with Crippen LogP contribution in [0.15, 0.2) is 35.9 Å². The zero-order chi connectivity index (χ0) is 17.3. The van der Waals surface area contributed by atoms with Crippen LogP contribution < -0.4 is 0 Å². The number of Topliss-reactive ketones (excluding diaryl/α,β-unsaturated/α-hetero) is 1. The summed E-state index contributed by atoms with van der Waals surface area (Å²) in [5.41, 5.74) is 1.03. The summed E-state index contributed by atoms with van der Waals surface area (Å²) in [6, 6.07) is 5.69. The third kappa shape index (κ3) is 4.63. The number of hydrogen-bond acceptors (Lipinski definition) is 4. The maximum Gasteiger partial charge on any atom is 0.328 e. The van der Waals surface area contributed by atoms with E-state index in [4.69, 9.17) is 5.11 Å². The number of halogens is 2. The minimum atomic E-state index is -1.03. The highest BCUT2D eigenvalue weighted by molar-refractivity contribution is 7.81. The Hall–Kier alpha value is -1.37. The summed E-state index contributed by atoms with van der Waals surface area (Å²) in [6.45, 7) is 0.903. The summed E-state index contributed by atoms with van der Waals surface area (Å²) in [5, 5.41) is 8.88. The minimum absolute atomic E-state index is 0. The lowest BCUT2D eigenvalue weighted by molar-refractivity contribution is -0.131. The van der Waals surface area contributed by atoms with E-state index in [0.717, 1.165) is 18.9 Å². The maximum absolute atomic E-state index is 14.3. The van der Waals surface area contributed by atoms with Crippen molar-refractivity contribution in [1.29, 1.82) is 0 Å². The van der Waals surface area contributed by atoms with Gasteiger partial charge in [0, 0.05) is 35.9 Å². The molecular formula is C18H21ClFNO3S. The van der Waals surface area contributed by atoms with Crippen LogP contribution in [0.25, 0.3) is 0 Å². The third-order valence-electron chi connectivity index (χ3n) is 4.63. The first-order valence-electron chi connectivity index (χ1n) is 8.11. The summed E-state index contributed by atoms with van der Waals surface area (Å²) in [7, 11) is 0. The van der Waals surface area contributed by atoms with Crippen LogP contribution in [0.3, 0.4) is 0 Å². The van der Waals surface area contributed by atoms with Crippen LogP contribution in [0.1, 0.15) is 30.9 Å². The molecule has 1 heterocycles. The zero-order valence-electron chi connectivity index (χ0n) is 13.6. The van der Waals surface area contributed by atoms with Crippen LogP contribution in [0, 0.1) is 11.7 Å². The number of carboxylic acid groups (broad SMARTS) is 1. The summed E-state index contributed by atoms with van der Waals surface area (Å²) < 4.78 is 14.3. The summed E-state index contributed by atoms with van der Waals surface area (Å²) in [4.78, 5) is 25.7. The van der Waals surface area contributed by atoms with Gasteiger partial charge in [-0.25, -0.2) is 9.18 Å². The molecule has 25 heavy (non-hydrogen) atoms. The van der Waals surface area contributed by atoms with Crippen molar-refractivity contribution in [3.8, 4) is 0 Å². The normalized spacial score (nSPS) is 23.8. The fraction of sp³-hybridized carbons (Fsp3) is 0.444. The van der Waals surface area contributed by atoms with Gasteiger partial charge in [-0.3, -0.25) is 9.69 Å². The van der Waals surface area contributed by atoms with E-state index in [-0.39, 0.29) is 29.4 Å². The van der Waals surface area contributed by atoms with Crippen molar-refractivity contribution in [1.82, 2.24) is 4.90 Å². The second-order valence-electron chi connectivity index (χ2n) is 6.43. The van der Waals surface area contributed by atoms with Gasteiger partial charge in [-0.1, -0.05) is 18.2 Å². The highest BCUT2D eigenvalue weighted by Crippen LogP contribution is 2.39. The summed E-state index contributed by atoms with van der Waals surface area (Å²) in [6.07, 6.45) is 3.49. The van der Waals surface area contributed by atoms with Crippen molar-refractivity contribution in [2.45, 2.75) is 30.6 Å². The average Bonchev–Trinajstić information content (AvgIpc) is 3.36. The Kier molecular flexibility index (Phi) is 6.65. The van der Waals surface area contributed by atoms with Gasteiger partial charge in [0.15, 0.2) is 5.78 Å². The number of carbonyl (C=O) groups excluding carboxylic acids is 1. The standard InChI is InChI=1S/C18H20FNO3S.ClH/c19-14-4-2-1-3-13(14)17(18(23)11-5-6-11)20-8-7-15(24)12(10-20)9-16(21)22;/h1-4,9,11,15,17,24H,5-8,10H2,(H,21,22);1H/b12-9-;. The molecule has 1 saturated heterocycles. The lowest BCUT2D eigenvalue weighted by Gasteiger charge is -2.37. The number of piperidine rings is 1.